The van der Waals surface area contributed by atoms with Gasteiger partial charge in [0, 0.05) is 37.6 Å². The molecule has 2 aromatic carbocycles. The highest BCUT2D eigenvalue weighted by molar-refractivity contribution is 6.04. The monoisotopic (exact) mass is 377 g/mol. The number of hydrogen-bond donors (Lipinski definition) is 3. The number of nitrogens with one attached hydrogen (secondary N) is 3. The molecule has 0 radical (unpaired) electrons. The molecule has 1 aliphatic heterocycles. The van der Waals surface area contributed by atoms with Crippen LogP contribution in [0.1, 0.15) is 28.5 Å². The van der Waals surface area contributed by atoms with Crippen LogP contribution in [0.15, 0.2) is 48.5 Å². The quantitative estimate of drug-likeness (QED) is 0.653. The predicted octanol–water partition coefficient (Wildman–Crippen LogP) is 2.46. The first kappa shape index (κ1) is 18.7. The van der Waals surface area contributed by atoms with Gasteiger partial charge in [0.25, 0.3) is 5.91 Å². The summed E-state index contributed by atoms with van der Waals surface area (Å²) in [5.74, 6) is -0.130. The van der Waals surface area contributed by atoms with Crippen molar-refractivity contribution >= 4 is 16.8 Å². The van der Waals surface area contributed by atoms with E-state index in [1.54, 1.807) is 0 Å². The summed E-state index contributed by atoms with van der Waals surface area (Å²) in [5.41, 5.74) is 3.91. The number of H-pyrrole nitrogens is 1. The third-order valence-electron chi connectivity index (χ3n) is 5.23. The van der Waals surface area contributed by atoms with E-state index in [2.05, 4.69) is 63.8 Å². The molecule has 6 heteroatoms. The van der Waals surface area contributed by atoms with E-state index >= 15 is 0 Å². The average molecular weight is 377 g/mol. The van der Waals surface area contributed by atoms with Gasteiger partial charge in [-0.1, -0.05) is 48.0 Å². The Balaban J connectivity index is 1.46. The van der Waals surface area contributed by atoms with Crippen LogP contribution in [-0.4, -0.2) is 52.7 Å². The van der Waals surface area contributed by atoms with E-state index in [4.69, 9.17) is 0 Å². The van der Waals surface area contributed by atoms with Crippen LogP contribution >= 0.6 is 0 Å². The predicted molar refractivity (Wildman–Crippen MR) is 111 cm³/mol. The molecule has 28 heavy (non-hydrogen) atoms. The van der Waals surface area contributed by atoms with Gasteiger partial charge in [-0.15, -0.1) is 0 Å². The Hall–Kier alpha value is -2.70. The molecule has 0 saturated carbocycles. The van der Waals surface area contributed by atoms with Crippen LogP contribution in [0.5, 0.6) is 0 Å². The van der Waals surface area contributed by atoms with Gasteiger partial charge in [0.05, 0.1) is 11.6 Å². The Morgan fingerprint density at radius 3 is 2.93 bits per heavy atom. The number of para-hydroxylation sites is 1. The number of fused-ring (bicyclic) bond motifs is 1. The van der Waals surface area contributed by atoms with Crippen molar-refractivity contribution in [3.63, 3.8) is 0 Å². The third-order valence-corrected chi connectivity index (χ3v) is 5.23. The molecule has 3 aromatic rings. The van der Waals surface area contributed by atoms with E-state index in [1.165, 1.54) is 11.1 Å². The molecule has 1 saturated heterocycles. The molecule has 1 fully saturated rings. The summed E-state index contributed by atoms with van der Waals surface area (Å²) in [6.45, 7) is 7.69. The molecule has 2 unspecified atom stereocenters. The van der Waals surface area contributed by atoms with Crippen molar-refractivity contribution < 1.29 is 4.79 Å². The fourth-order valence-corrected chi connectivity index (χ4v) is 3.93. The van der Waals surface area contributed by atoms with Gasteiger partial charge in [0.1, 0.15) is 0 Å². The molecule has 0 spiro atoms. The van der Waals surface area contributed by atoms with E-state index in [9.17, 15) is 4.79 Å². The zero-order chi connectivity index (χ0) is 19.5. The van der Waals surface area contributed by atoms with Gasteiger partial charge < -0.3 is 10.6 Å². The van der Waals surface area contributed by atoms with Crippen LogP contribution in [0.2, 0.25) is 0 Å². The fourth-order valence-electron chi connectivity index (χ4n) is 3.93. The summed E-state index contributed by atoms with van der Waals surface area (Å²) in [5, 5.41) is 14.7. The number of hydrogen-bond acceptors (Lipinski definition) is 4. The minimum atomic E-state index is -0.130. The molecule has 0 aliphatic carbocycles. The van der Waals surface area contributed by atoms with E-state index in [0.29, 0.717) is 11.7 Å². The number of nitrogens with zero attached hydrogens (tertiary/aromatic N) is 2. The molecule has 1 aliphatic rings. The maximum atomic E-state index is 12.9. The van der Waals surface area contributed by atoms with Crippen molar-refractivity contribution in [2.45, 2.75) is 32.5 Å². The number of aryl methyl sites for hydroxylation is 1. The highest BCUT2D eigenvalue weighted by Crippen LogP contribution is 2.16. The standard InChI is InChI=1S/C22H27N5O/c1-15-6-5-7-17(10-15)13-27-12-16(2)23-11-18(14-27)24-22(28)21-19-8-3-4-9-20(19)25-26-21/h3-10,16,18,23H,11-14H2,1-2H3,(H,24,28)(H,25,26). The van der Waals surface area contributed by atoms with Crippen LogP contribution in [0.4, 0.5) is 0 Å². The van der Waals surface area contributed by atoms with Crippen molar-refractivity contribution in [3.8, 4) is 0 Å². The summed E-state index contributed by atoms with van der Waals surface area (Å²) in [6.07, 6.45) is 0. The lowest BCUT2D eigenvalue weighted by atomic mass is 10.1. The largest absolute Gasteiger partial charge is 0.345 e. The third kappa shape index (κ3) is 4.24. The lowest BCUT2D eigenvalue weighted by Gasteiger charge is -2.25. The maximum absolute atomic E-state index is 12.9. The number of benzene rings is 2. The van der Waals surface area contributed by atoms with E-state index < -0.39 is 0 Å². The summed E-state index contributed by atoms with van der Waals surface area (Å²) >= 11 is 0. The van der Waals surface area contributed by atoms with Crippen molar-refractivity contribution in [1.29, 1.82) is 0 Å². The Morgan fingerprint density at radius 1 is 1.21 bits per heavy atom. The zero-order valence-electron chi connectivity index (χ0n) is 16.4. The molecule has 1 amide bonds. The molecule has 2 heterocycles. The van der Waals surface area contributed by atoms with Crippen LogP contribution in [0, 0.1) is 6.92 Å². The van der Waals surface area contributed by atoms with Gasteiger partial charge in [-0.05, 0) is 25.5 Å². The van der Waals surface area contributed by atoms with Crippen molar-refractivity contribution in [2.75, 3.05) is 19.6 Å². The van der Waals surface area contributed by atoms with Crippen LogP contribution in [0.25, 0.3) is 10.9 Å². The molecule has 4 rings (SSSR count). The van der Waals surface area contributed by atoms with Crippen LogP contribution in [-0.2, 0) is 6.54 Å². The van der Waals surface area contributed by atoms with E-state index in [0.717, 1.165) is 37.1 Å². The SMILES string of the molecule is Cc1cccc(CN2CC(C)NCC(NC(=O)c3n[nH]c4ccccc34)C2)c1. The summed E-state index contributed by atoms with van der Waals surface area (Å²) in [7, 11) is 0. The second kappa shape index (κ2) is 8.12. The molecule has 0 bridgehead atoms. The Labute approximate surface area is 165 Å². The summed E-state index contributed by atoms with van der Waals surface area (Å²) < 4.78 is 0. The fraction of sp³-hybridized carbons (Fsp3) is 0.364. The number of carbonyl (C=O) groups is 1. The van der Waals surface area contributed by atoms with E-state index in [1.807, 2.05) is 24.3 Å². The van der Waals surface area contributed by atoms with Crippen molar-refractivity contribution in [2.24, 2.45) is 0 Å². The molecular formula is C22H27N5O. The number of rotatable bonds is 4. The molecular weight excluding hydrogens is 350 g/mol. The normalized spacial score (nSPS) is 20.8. The van der Waals surface area contributed by atoms with E-state index in [-0.39, 0.29) is 11.9 Å². The lowest BCUT2D eigenvalue weighted by molar-refractivity contribution is 0.0925. The first-order chi connectivity index (χ1) is 13.6. The van der Waals surface area contributed by atoms with Gasteiger partial charge in [0.2, 0.25) is 0 Å². The van der Waals surface area contributed by atoms with Crippen LogP contribution < -0.4 is 10.6 Å². The molecule has 3 N–H and O–H groups in total. The second-order valence-corrected chi connectivity index (χ2v) is 7.78. The van der Waals surface area contributed by atoms with Gasteiger partial charge in [-0.3, -0.25) is 14.8 Å². The minimum Gasteiger partial charge on any atom is -0.345 e. The zero-order valence-corrected chi connectivity index (χ0v) is 16.4. The molecule has 146 valence electrons. The smallest absolute Gasteiger partial charge is 0.272 e. The number of amides is 1. The minimum absolute atomic E-state index is 0.0257. The Morgan fingerprint density at radius 2 is 2.07 bits per heavy atom. The number of carbonyl (C=O) groups excluding carboxylic acids is 1. The van der Waals surface area contributed by atoms with Crippen molar-refractivity contribution in [3.05, 3.63) is 65.4 Å². The lowest BCUT2D eigenvalue weighted by Crippen LogP contribution is -2.46. The van der Waals surface area contributed by atoms with Crippen LogP contribution in [0.3, 0.4) is 0 Å². The highest BCUT2D eigenvalue weighted by Gasteiger charge is 2.24. The summed E-state index contributed by atoms with van der Waals surface area (Å²) in [4.78, 5) is 15.3. The first-order valence-electron chi connectivity index (χ1n) is 9.84. The first-order valence-corrected chi connectivity index (χ1v) is 9.84. The average Bonchev–Trinajstić information content (AvgIpc) is 3.02. The maximum Gasteiger partial charge on any atom is 0.272 e. The van der Waals surface area contributed by atoms with Gasteiger partial charge in [0.15, 0.2) is 5.69 Å². The Bertz CT molecular complexity index is 966. The number of aromatic amines is 1. The topological polar surface area (TPSA) is 73.0 Å². The van der Waals surface area contributed by atoms with Gasteiger partial charge >= 0.3 is 0 Å². The Kier molecular flexibility index (Phi) is 5.41. The second-order valence-electron chi connectivity index (χ2n) is 7.78. The molecule has 1 aromatic heterocycles. The summed E-state index contributed by atoms with van der Waals surface area (Å²) in [6, 6.07) is 16.7. The molecule has 2 atom stereocenters. The van der Waals surface area contributed by atoms with Gasteiger partial charge in [-0.2, -0.15) is 5.10 Å². The highest BCUT2D eigenvalue weighted by atomic mass is 16.2. The molecule has 6 nitrogen and oxygen atoms in total. The number of aromatic nitrogens is 2. The van der Waals surface area contributed by atoms with Crippen molar-refractivity contribution in [1.82, 2.24) is 25.7 Å². The van der Waals surface area contributed by atoms with Gasteiger partial charge in [-0.25, -0.2) is 0 Å².